The quantitative estimate of drug-likeness (QED) is 0.545. The number of carbonyl (C=O) groups excluding carboxylic acids is 1. The molecule has 2 aliphatic rings. The Morgan fingerprint density at radius 3 is 2.52 bits per heavy atom. The Bertz CT molecular complexity index is 1140. The van der Waals surface area contributed by atoms with Gasteiger partial charge in [0.2, 0.25) is 5.79 Å². The maximum absolute atomic E-state index is 13.0. The summed E-state index contributed by atoms with van der Waals surface area (Å²) in [6.07, 6.45) is 4.99. The van der Waals surface area contributed by atoms with Crippen LogP contribution in [0.2, 0.25) is 0 Å². The van der Waals surface area contributed by atoms with Crippen LogP contribution in [-0.4, -0.2) is 22.7 Å². The molecule has 1 saturated carbocycles. The largest absolute Gasteiger partial charge is 0.448 e. The minimum atomic E-state index is -0.775. The second-order valence-electron chi connectivity index (χ2n) is 9.64. The van der Waals surface area contributed by atoms with E-state index < -0.39 is 5.79 Å². The lowest BCUT2D eigenvalue weighted by Gasteiger charge is -2.32. The first kappa shape index (κ1) is 23.8. The number of amides is 1. The first-order valence-electron chi connectivity index (χ1n) is 11.5. The number of aryl methyl sites for hydroxylation is 2. The van der Waals surface area contributed by atoms with E-state index in [0.717, 1.165) is 48.9 Å². The number of aromatic nitrogens is 1. The lowest BCUT2D eigenvalue weighted by molar-refractivity contribution is -0.0833. The number of H-pyrrole nitrogens is 1. The molecule has 1 fully saturated rings. The number of ether oxygens (including phenoxy) is 2. The Hall–Kier alpha value is -2.32. The number of nitrogens with one attached hydrogen (secondary N) is 2. The van der Waals surface area contributed by atoms with E-state index in [9.17, 15) is 9.59 Å². The number of benzene rings is 1. The Balaban J connectivity index is 1.50. The summed E-state index contributed by atoms with van der Waals surface area (Å²) in [4.78, 5) is 28.1. The van der Waals surface area contributed by atoms with Crippen LogP contribution in [-0.2, 0) is 6.54 Å². The molecule has 4 N–H and O–H groups in total. The summed E-state index contributed by atoms with van der Waals surface area (Å²) in [5, 5.41) is 2.88. The van der Waals surface area contributed by atoms with Gasteiger partial charge in [0.05, 0.1) is 4.47 Å². The summed E-state index contributed by atoms with van der Waals surface area (Å²) in [7, 11) is 0. The zero-order valence-electron chi connectivity index (χ0n) is 19.6. The number of aromatic amines is 1. The van der Waals surface area contributed by atoms with Crippen LogP contribution in [0.5, 0.6) is 11.5 Å². The second kappa shape index (κ2) is 9.14. The predicted molar refractivity (Wildman–Crippen MR) is 131 cm³/mol. The summed E-state index contributed by atoms with van der Waals surface area (Å²) in [6, 6.07) is 3.95. The number of nitrogens with two attached hydrogens (primary N) is 1. The van der Waals surface area contributed by atoms with E-state index in [1.54, 1.807) is 6.07 Å². The van der Waals surface area contributed by atoms with E-state index in [1.165, 1.54) is 0 Å². The third-order valence-electron chi connectivity index (χ3n) is 6.79. The van der Waals surface area contributed by atoms with Gasteiger partial charge >= 0.3 is 0 Å². The maximum atomic E-state index is 13.0. The van der Waals surface area contributed by atoms with E-state index in [0.29, 0.717) is 39.1 Å². The molecule has 1 unspecified atom stereocenters. The minimum absolute atomic E-state index is 0.146. The third kappa shape index (κ3) is 4.96. The summed E-state index contributed by atoms with van der Waals surface area (Å²) in [5.74, 6) is 0.678. The average molecular weight is 518 g/mol. The van der Waals surface area contributed by atoms with Crippen molar-refractivity contribution in [2.75, 3.05) is 0 Å². The molecule has 0 bridgehead atoms. The summed E-state index contributed by atoms with van der Waals surface area (Å²) in [5.41, 5.74) is 9.26. The second-order valence-corrected chi connectivity index (χ2v) is 10.5. The van der Waals surface area contributed by atoms with Crippen LogP contribution in [0.4, 0.5) is 0 Å². The van der Waals surface area contributed by atoms with Gasteiger partial charge in [0.1, 0.15) is 0 Å². The van der Waals surface area contributed by atoms with Gasteiger partial charge in [-0.25, -0.2) is 0 Å². The highest BCUT2D eigenvalue weighted by atomic mass is 79.9. The van der Waals surface area contributed by atoms with Gasteiger partial charge in [-0.2, -0.15) is 0 Å². The van der Waals surface area contributed by atoms with E-state index in [1.807, 2.05) is 33.8 Å². The van der Waals surface area contributed by atoms with Crippen LogP contribution in [0.1, 0.15) is 71.8 Å². The molecular formula is C25H32BrN3O4. The first-order valence-corrected chi connectivity index (χ1v) is 12.3. The highest BCUT2D eigenvalue weighted by molar-refractivity contribution is 9.10. The lowest BCUT2D eigenvalue weighted by Crippen LogP contribution is -2.39. The Morgan fingerprint density at radius 2 is 1.85 bits per heavy atom. The molecule has 33 heavy (non-hydrogen) atoms. The van der Waals surface area contributed by atoms with Crippen LogP contribution in [0, 0.1) is 26.7 Å². The Morgan fingerprint density at radius 1 is 1.18 bits per heavy atom. The molecule has 8 heteroatoms. The van der Waals surface area contributed by atoms with E-state index in [-0.39, 0.29) is 18.0 Å². The van der Waals surface area contributed by atoms with Gasteiger partial charge in [0.15, 0.2) is 11.5 Å². The molecule has 1 atom stereocenters. The van der Waals surface area contributed by atoms with Crippen LogP contribution in [0.15, 0.2) is 21.4 Å². The highest BCUT2D eigenvalue weighted by Crippen LogP contribution is 2.50. The molecule has 4 rings (SSSR count). The van der Waals surface area contributed by atoms with Crippen molar-refractivity contribution in [3.63, 3.8) is 0 Å². The average Bonchev–Trinajstić information content (AvgIpc) is 3.09. The van der Waals surface area contributed by atoms with Gasteiger partial charge < -0.3 is 25.5 Å². The smallest absolute Gasteiger partial charge is 0.253 e. The molecule has 1 aliphatic heterocycles. The van der Waals surface area contributed by atoms with Gasteiger partial charge in [-0.3, -0.25) is 9.59 Å². The molecule has 2 heterocycles. The van der Waals surface area contributed by atoms with Gasteiger partial charge in [-0.05, 0) is 86.0 Å². The van der Waals surface area contributed by atoms with Gasteiger partial charge in [-0.1, -0.05) is 0 Å². The molecule has 0 radical (unpaired) electrons. The van der Waals surface area contributed by atoms with Crippen LogP contribution < -0.4 is 26.1 Å². The van der Waals surface area contributed by atoms with Crippen molar-refractivity contribution >= 4 is 21.8 Å². The molecule has 1 aliphatic carbocycles. The summed E-state index contributed by atoms with van der Waals surface area (Å²) >= 11 is 3.56. The van der Waals surface area contributed by atoms with E-state index >= 15 is 0 Å². The van der Waals surface area contributed by atoms with Crippen LogP contribution >= 0.6 is 15.9 Å². The molecule has 1 aromatic heterocycles. The first-order chi connectivity index (χ1) is 15.6. The van der Waals surface area contributed by atoms with Crippen LogP contribution in [0.25, 0.3) is 0 Å². The zero-order chi connectivity index (χ0) is 23.9. The lowest BCUT2D eigenvalue weighted by atomic mass is 9.82. The standard InChI is InChI=1S/C25H32BrN3O4/c1-13-9-14(2)29-24(31)19(13)12-28-23(30)18-10-20(26)22-21(15(18)3)32-25(4,33-22)11-16-5-7-17(27)8-6-16/h9-10,16-17H,5-8,11-12,27H2,1-4H3,(H,28,30)(H,29,31). The van der Waals surface area contributed by atoms with Crippen molar-refractivity contribution in [3.05, 3.63) is 54.9 Å². The van der Waals surface area contributed by atoms with Crippen molar-refractivity contribution in [2.24, 2.45) is 11.7 Å². The van der Waals surface area contributed by atoms with E-state index in [4.69, 9.17) is 15.2 Å². The Labute approximate surface area is 202 Å². The topological polar surface area (TPSA) is 106 Å². The van der Waals surface area contributed by atoms with Crippen molar-refractivity contribution < 1.29 is 14.3 Å². The van der Waals surface area contributed by atoms with E-state index in [2.05, 4.69) is 26.2 Å². The number of pyridine rings is 1. The van der Waals surface area contributed by atoms with Crippen molar-refractivity contribution in [2.45, 2.75) is 78.2 Å². The summed E-state index contributed by atoms with van der Waals surface area (Å²) in [6.45, 7) is 7.67. The normalized spacial score (nSPS) is 24.1. The Kier molecular flexibility index (Phi) is 6.60. The van der Waals surface area contributed by atoms with Crippen molar-refractivity contribution in [1.82, 2.24) is 10.3 Å². The molecule has 178 valence electrons. The number of carbonyl (C=O) groups is 1. The number of hydrogen-bond acceptors (Lipinski definition) is 5. The number of halogens is 1. The fraction of sp³-hybridized carbons (Fsp3) is 0.520. The van der Waals surface area contributed by atoms with Crippen molar-refractivity contribution in [3.8, 4) is 11.5 Å². The number of rotatable bonds is 5. The highest BCUT2D eigenvalue weighted by Gasteiger charge is 2.42. The zero-order valence-corrected chi connectivity index (χ0v) is 21.2. The molecule has 1 aromatic carbocycles. The predicted octanol–water partition coefficient (Wildman–Crippen LogP) is 4.39. The molecular weight excluding hydrogens is 486 g/mol. The van der Waals surface area contributed by atoms with Gasteiger partial charge in [0, 0.05) is 48.3 Å². The third-order valence-corrected chi connectivity index (χ3v) is 7.38. The molecule has 0 spiro atoms. The fourth-order valence-corrected chi connectivity index (χ4v) is 5.46. The SMILES string of the molecule is Cc1cc(C)c(CNC(=O)c2cc(Br)c3c(c2C)OC(C)(CC2CCC(N)CC2)O3)c(=O)[nH]1. The summed E-state index contributed by atoms with van der Waals surface area (Å²) < 4.78 is 13.3. The molecule has 0 saturated heterocycles. The monoisotopic (exact) mass is 517 g/mol. The minimum Gasteiger partial charge on any atom is -0.448 e. The fourth-order valence-electron chi connectivity index (χ4n) is 4.97. The molecule has 2 aromatic rings. The van der Waals surface area contributed by atoms with Crippen LogP contribution in [0.3, 0.4) is 0 Å². The van der Waals surface area contributed by atoms with Gasteiger partial charge in [0.25, 0.3) is 11.5 Å². The number of hydrogen-bond donors (Lipinski definition) is 3. The van der Waals surface area contributed by atoms with Crippen molar-refractivity contribution in [1.29, 1.82) is 0 Å². The molecule has 7 nitrogen and oxygen atoms in total. The van der Waals surface area contributed by atoms with Gasteiger partial charge in [-0.15, -0.1) is 0 Å². The number of fused-ring (bicyclic) bond motifs is 1. The molecule has 1 amide bonds. The maximum Gasteiger partial charge on any atom is 0.253 e.